The normalized spacial score (nSPS) is 14.9. The molecule has 1 fully saturated rings. The van der Waals surface area contributed by atoms with Crippen molar-refractivity contribution in [3.63, 3.8) is 0 Å². The molecular weight excluding hydrogens is 396 g/mol. The molecule has 30 heavy (non-hydrogen) atoms. The van der Waals surface area contributed by atoms with Gasteiger partial charge in [-0.1, -0.05) is 42.5 Å². The van der Waals surface area contributed by atoms with Crippen molar-refractivity contribution >= 4 is 22.2 Å². The lowest BCUT2D eigenvalue weighted by atomic mass is 10.2. The Morgan fingerprint density at radius 1 is 0.933 bits per heavy atom. The van der Waals surface area contributed by atoms with Crippen LogP contribution in [0.15, 0.2) is 64.8 Å². The Hall–Kier alpha value is -2.87. The van der Waals surface area contributed by atoms with Crippen LogP contribution in [-0.2, 0) is 17.8 Å². The molecule has 0 aliphatic carbocycles. The van der Waals surface area contributed by atoms with Gasteiger partial charge in [0, 0.05) is 24.0 Å². The summed E-state index contributed by atoms with van der Waals surface area (Å²) in [5, 5.41) is 3.59. The standard InChI is InChI=1S/C23H22N4O2S/c28-23-18-8-4-5-9-19(18)24-21(14-26-10-12-29-13-11-26)27(23)15-22-25-20(16-30-22)17-6-2-1-3-7-17/h1-9,16H,10-15H2. The maximum atomic E-state index is 13.3. The van der Waals surface area contributed by atoms with Gasteiger partial charge in [0.15, 0.2) is 0 Å². The minimum atomic E-state index is -0.0136. The van der Waals surface area contributed by atoms with E-state index in [1.165, 1.54) is 0 Å². The third kappa shape index (κ3) is 3.92. The summed E-state index contributed by atoms with van der Waals surface area (Å²) >= 11 is 1.58. The van der Waals surface area contributed by atoms with E-state index in [4.69, 9.17) is 14.7 Å². The SMILES string of the molecule is O=c1c2ccccc2nc(CN2CCOCC2)n1Cc1nc(-c2ccccc2)cs1. The second-order valence-corrected chi connectivity index (χ2v) is 8.26. The average molecular weight is 419 g/mol. The summed E-state index contributed by atoms with van der Waals surface area (Å²) in [6.45, 7) is 4.17. The van der Waals surface area contributed by atoms with E-state index in [2.05, 4.69) is 4.90 Å². The number of thiazole rings is 1. The zero-order valence-electron chi connectivity index (χ0n) is 16.5. The summed E-state index contributed by atoms with van der Waals surface area (Å²) in [6.07, 6.45) is 0. The van der Waals surface area contributed by atoms with E-state index in [0.717, 1.165) is 40.7 Å². The first-order valence-electron chi connectivity index (χ1n) is 10.1. The first kappa shape index (κ1) is 19.1. The molecule has 2 aromatic heterocycles. The topological polar surface area (TPSA) is 60.3 Å². The zero-order chi connectivity index (χ0) is 20.3. The smallest absolute Gasteiger partial charge is 0.261 e. The minimum absolute atomic E-state index is 0.0136. The summed E-state index contributed by atoms with van der Waals surface area (Å²) in [6, 6.07) is 17.7. The van der Waals surface area contributed by atoms with Crippen molar-refractivity contribution in [3.8, 4) is 11.3 Å². The lowest BCUT2D eigenvalue weighted by Crippen LogP contribution is -2.38. The number of fused-ring (bicyclic) bond motifs is 1. The molecule has 4 aromatic rings. The molecule has 6 nitrogen and oxygen atoms in total. The molecule has 7 heteroatoms. The van der Waals surface area contributed by atoms with Gasteiger partial charge in [0.2, 0.25) is 0 Å². The predicted molar refractivity (Wildman–Crippen MR) is 119 cm³/mol. The van der Waals surface area contributed by atoms with Crippen LogP contribution in [0, 0.1) is 0 Å². The number of hydrogen-bond acceptors (Lipinski definition) is 6. The van der Waals surface area contributed by atoms with E-state index >= 15 is 0 Å². The Bertz CT molecular complexity index is 1210. The van der Waals surface area contributed by atoms with Gasteiger partial charge in [-0.05, 0) is 12.1 Å². The van der Waals surface area contributed by atoms with Crippen LogP contribution in [0.2, 0.25) is 0 Å². The van der Waals surface area contributed by atoms with Gasteiger partial charge in [0.25, 0.3) is 5.56 Å². The van der Waals surface area contributed by atoms with Crippen molar-refractivity contribution in [3.05, 3.63) is 81.2 Å². The van der Waals surface area contributed by atoms with Crippen LogP contribution in [0.25, 0.3) is 22.2 Å². The van der Waals surface area contributed by atoms with Crippen molar-refractivity contribution in [2.24, 2.45) is 0 Å². The second kappa shape index (κ2) is 8.47. The Labute approximate surface area is 178 Å². The first-order valence-corrected chi connectivity index (χ1v) is 10.9. The first-order chi connectivity index (χ1) is 14.8. The molecule has 0 bridgehead atoms. The molecule has 3 heterocycles. The number of morpholine rings is 1. The average Bonchev–Trinajstić information content (AvgIpc) is 3.26. The van der Waals surface area contributed by atoms with Crippen molar-refractivity contribution in [2.45, 2.75) is 13.1 Å². The van der Waals surface area contributed by atoms with Crippen molar-refractivity contribution in [1.82, 2.24) is 19.4 Å². The third-order valence-electron chi connectivity index (χ3n) is 5.32. The van der Waals surface area contributed by atoms with E-state index < -0.39 is 0 Å². The number of hydrogen-bond donors (Lipinski definition) is 0. The fourth-order valence-electron chi connectivity index (χ4n) is 3.72. The highest BCUT2D eigenvalue weighted by Gasteiger charge is 2.18. The van der Waals surface area contributed by atoms with Gasteiger partial charge in [-0.25, -0.2) is 9.97 Å². The van der Waals surface area contributed by atoms with Crippen LogP contribution in [0.5, 0.6) is 0 Å². The van der Waals surface area contributed by atoms with Gasteiger partial charge in [-0.3, -0.25) is 14.3 Å². The highest BCUT2D eigenvalue weighted by molar-refractivity contribution is 7.09. The van der Waals surface area contributed by atoms with Gasteiger partial charge in [0.05, 0.1) is 42.9 Å². The molecule has 1 saturated heterocycles. The highest BCUT2D eigenvalue weighted by Crippen LogP contribution is 2.22. The molecule has 1 aliphatic rings. The fourth-order valence-corrected chi connectivity index (χ4v) is 4.51. The van der Waals surface area contributed by atoms with E-state index in [0.29, 0.717) is 31.7 Å². The summed E-state index contributed by atoms with van der Waals surface area (Å²) in [7, 11) is 0. The van der Waals surface area contributed by atoms with Crippen LogP contribution in [0.4, 0.5) is 0 Å². The Morgan fingerprint density at radius 2 is 1.70 bits per heavy atom. The molecule has 2 aromatic carbocycles. The van der Waals surface area contributed by atoms with Crippen LogP contribution in [0.1, 0.15) is 10.8 Å². The number of aromatic nitrogens is 3. The van der Waals surface area contributed by atoms with Gasteiger partial charge in [-0.2, -0.15) is 0 Å². The van der Waals surface area contributed by atoms with Gasteiger partial charge < -0.3 is 4.74 Å². The molecule has 1 aliphatic heterocycles. The molecule has 0 saturated carbocycles. The number of benzene rings is 2. The highest BCUT2D eigenvalue weighted by atomic mass is 32.1. The Balaban J connectivity index is 1.52. The quantitative estimate of drug-likeness (QED) is 0.497. The largest absolute Gasteiger partial charge is 0.379 e. The Kier molecular flexibility index (Phi) is 5.40. The molecule has 152 valence electrons. The Morgan fingerprint density at radius 3 is 2.53 bits per heavy atom. The van der Waals surface area contributed by atoms with Gasteiger partial charge in [0.1, 0.15) is 10.8 Å². The summed E-state index contributed by atoms with van der Waals surface area (Å²) in [5.41, 5.74) is 2.75. The fraction of sp³-hybridized carbons (Fsp3) is 0.261. The minimum Gasteiger partial charge on any atom is -0.379 e. The molecule has 0 atom stereocenters. The predicted octanol–water partition coefficient (Wildman–Crippen LogP) is 3.40. The number of ether oxygens (including phenoxy) is 1. The van der Waals surface area contributed by atoms with E-state index in [9.17, 15) is 4.79 Å². The molecule has 0 N–H and O–H groups in total. The molecule has 0 unspecified atom stereocenters. The van der Waals surface area contributed by atoms with Crippen LogP contribution >= 0.6 is 11.3 Å². The monoisotopic (exact) mass is 418 g/mol. The maximum Gasteiger partial charge on any atom is 0.261 e. The summed E-state index contributed by atoms with van der Waals surface area (Å²) in [5.74, 6) is 0.775. The molecule has 0 radical (unpaired) electrons. The lowest BCUT2D eigenvalue weighted by molar-refractivity contribution is 0.0325. The van der Waals surface area contributed by atoms with E-state index in [1.807, 2.05) is 60.0 Å². The van der Waals surface area contributed by atoms with Gasteiger partial charge in [-0.15, -0.1) is 11.3 Å². The van der Waals surface area contributed by atoms with Crippen LogP contribution < -0.4 is 5.56 Å². The van der Waals surface area contributed by atoms with Gasteiger partial charge >= 0.3 is 0 Å². The summed E-state index contributed by atoms with van der Waals surface area (Å²) < 4.78 is 7.25. The maximum absolute atomic E-state index is 13.3. The number of nitrogens with zero attached hydrogens (tertiary/aromatic N) is 4. The summed E-state index contributed by atoms with van der Waals surface area (Å²) in [4.78, 5) is 25.2. The van der Waals surface area contributed by atoms with Crippen molar-refractivity contribution < 1.29 is 4.74 Å². The van der Waals surface area contributed by atoms with Crippen LogP contribution in [0.3, 0.4) is 0 Å². The molecule has 0 amide bonds. The lowest BCUT2D eigenvalue weighted by Gasteiger charge is -2.27. The van der Waals surface area contributed by atoms with E-state index in [-0.39, 0.29) is 5.56 Å². The second-order valence-electron chi connectivity index (χ2n) is 7.32. The van der Waals surface area contributed by atoms with E-state index in [1.54, 1.807) is 15.9 Å². The molecule has 5 rings (SSSR count). The zero-order valence-corrected chi connectivity index (χ0v) is 17.3. The third-order valence-corrected chi connectivity index (χ3v) is 6.16. The van der Waals surface area contributed by atoms with Crippen molar-refractivity contribution in [2.75, 3.05) is 26.3 Å². The molecular formula is C23H22N4O2S. The number of rotatable bonds is 5. The van der Waals surface area contributed by atoms with Crippen LogP contribution in [-0.4, -0.2) is 45.7 Å². The number of para-hydroxylation sites is 1. The molecule has 0 spiro atoms. The van der Waals surface area contributed by atoms with Crippen molar-refractivity contribution in [1.29, 1.82) is 0 Å².